The molecule has 0 aliphatic carbocycles. The van der Waals surface area contributed by atoms with E-state index in [9.17, 15) is 4.79 Å². The number of likely N-dealkylation sites (N-methyl/N-ethyl adjacent to an activating group) is 1. The minimum Gasteiger partial charge on any atom is -0.348 e. The van der Waals surface area contributed by atoms with Crippen molar-refractivity contribution in [1.29, 1.82) is 0 Å². The second kappa shape index (κ2) is 5.46. The molecule has 0 spiro atoms. The molecule has 0 fully saturated rings. The fourth-order valence-electron chi connectivity index (χ4n) is 1.15. The first-order chi connectivity index (χ1) is 7.11. The molecule has 0 aromatic carbocycles. The van der Waals surface area contributed by atoms with Gasteiger partial charge >= 0.3 is 0 Å². The quantitative estimate of drug-likeness (QED) is 0.795. The van der Waals surface area contributed by atoms with Crippen molar-refractivity contribution < 1.29 is 4.79 Å². The first-order valence-corrected chi connectivity index (χ1v) is 4.94. The summed E-state index contributed by atoms with van der Waals surface area (Å²) in [6.07, 6.45) is 3.54. The maximum absolute atomic E-state index is 11.3. The Bertz CT molecular complexity index is 311. The molecule has 4 heteroatoms. The predicted octanol–water partition coefficient (Wildman–Crippen LogP) is 0.820. The topological polar surface area (TPSA) is 45.2 Å². The average Bonchev–Trinajstić information content (AvgIpc) is 2.26. The molecule has 15 heavy (non-hydrogen) atoms. The Kier molecular flexibility index (Phi) is 4.24. The molecule has 1 atom stereocenters. The molecule has 0 aliphatic rings. The summed E-state index contributed by atoms with van der Waals surface area (Å²) in [7, 11) is 3.50. The third-order valence-electron chi connectivity index (χ3n) is 2.24. The van der Waals surface area contributed by atoms with Crippen molar-refractivity contribution >= 4 is 5.91 Å². The monoisotopic (exact) mass is 207 g/mol. The van der Waals surface area contributed by atoms with Gasteiger partial charge in [0.25, 0.3) is 0 Å². The Labute approximate surface area is 90.3 Å². The zero-order valence-electron chi connectivity index (χ0n) is 9.40. The van der Waals surface area contributed by atoms with Crippen molar-refractivity contribution in [1.82, 2.24) is 15.2 Å². The SMILES string of the molecule is C[C@H](NCC(=O)N(C)C)c1cccnc1. The first kappa shape index (κ1) is 11.7. The van der Waals surface area contributed by atoms with Gasteiger partial charge in [0, 0.05) is 32.5 Å². The maximum Gasteiger partial charge on any atom is 0.236 e. The van der Waals surface area contributed by atoms with E-state index in [2.05, 4.69) is 10.3 Å². The Morgan fingerprint density at radius 3 is 2.87 bits per heavy atom. The Balaban J connectivity index is 2.44. The lowest BCUT2D eigenvalue weighted by atomic mass is 10.1. The van der Waals surface area contributed by atoms with Crippen LogP contribution in [0.15, 0.2) is 24.5 Å². The summed E-state index contributed by atoms with van der Waals surface area (Å²) in [5.74, 6) is 0.0748. The van der Waals surface area contributed by atoms with Crippen molar-refractivity contribution in [3.63, 3.8) is 0 Å². The highest BCUT2D eigenvalue weighted by Crippen LogP contribution is 2.08. The molecule has 0 saturated heterocycles. The van der Waals surface area contributed by atoms with Crippen LogP contribution >= 0.6 is 0 Å². The number of carbonyl (C=O) groups excluding carboxylic acids is 1. The van der Waals surface area contributed by atoms with E-state index in [0.29, 0.717) is 6.54 Å². The summed E-state index contributed by atoms with van der Waals surface area (Å²) in [4.78, 5) is 16.9. The molecule has 1 rings (SSSR count). The van der Waals surface area contributed by atoms with E-state index in [1.165, 1.54) is 0 Å². The zero-order chi connectivity index (χ0) is 11.3. The van der Waals surface area contributed by atoms with Crippen molar-refractivity contribution in [2.24, 2.45) is 0 Å². The molecule has 1 heterocycles. The molecule has 0 bridgehead atoms. The van der Waals surface area contributed by atoms with Crippen LogP contribution in [-0.2, 0) is 4.79 Å². The first-order valence-electron chi connectivity index (χ1n) is 4.94. The number of hydrogen-bond acceptors (Lipinski definition) is 3. The lowest BCUT2D eigenvalue weighted by molar-refractivity contribution is -0.127. The average molecular weight is 207 g/mol. The molecule has 0 aliphatic heterocycles. The molecule has 1 N–H and O–H groups in total. The van der Waals surface area contributed by atoms with Gasteiger partial charge in [-0.15, -0.1) is 0 Å². The number of aromatic nitrogens is 1. The van der Waals surface area contributed by atoms with Crippen LogP contribution in [0.4, 0.5) is 0 Å². The number of carbonyl (C=O) groups is 1. The standard InChI is InChI=1S/C11H17N3O/c1-9(10-5-4-6-12-7-10)13-8-11(15)14(2)3/h4-7,9,13H,8H2,1-3H3/t9-/m0/s1. The van der Waals surface area contributed by atoms with E-state index in [1.54, 1.807) is 31.4 Å². The molecule has 1 aromatic rings. The predicted molar refractivity (Wildman–Crippen MR) is 59.3 cm³/mol. The van der Waals surface area contributed by atoms with E-state index in [1.807, 2.05) is 19.1 Å². The third kappa shape index (κ3) is 3.67. The lowest BCUT2D eigenvalue weighted by Crippen LogP contribution is -2.34. The number of hydrogen-bond donors (Lipinski definition) is 1. The summed E-state index contributed by atoms with van der Waals surface area (Å²) in [6.45, 7) is 2.36. The summed E-state index contributed by atoms with van der Waals surface area (Å²) in [5, 5.41) is 3.15. The van der Waals surface area contributed by atoms with E-state index in [-0.39, 0.29) is 11.9 Å². The van der Waals surface area contributed by atoms with Crippen molar-refractivity contribution in [2.45, 2.75) is 13.0 Å². The van der Waals surface area contributed by atoms with Gasteiger partial charge in [0.2, 0.25) is 5.91 Å². The number of amides is 1. The van der Waals surface area contributed by atoms with E-state index in [0.717, 1.165) is 5.56 Å². The number of rotatable bonds is 4. The molecular formula is C11H17N3O. The van der Waals surface area contributed by atoms with Gasteiger partial charge in [0.1, 0.15) is 0 Å². The van der Waals surface area contributed by atoms with Gasteiger partial charge in [-0.3, -0.25) is 9.78 Å². The fraction of sp³-hybridized carbons (Fsp3) is 0.455. The summed E-state index contributed by atoms with van der Waals surface area (Å²) >= 11 is 0. The van der Waals surface area contributed by atoms with Gasteiger partial charge in [-0.05, 0) is 18.6 Å². The number of pyridine rings is 1. The maximum atomic E-state index is 11.3. The zero-order valence-corrected chi connectivity index (χ0v) is 9.40. The van der Waals surface area contributed by atoms with Crippen molar-refractivity contribution in [3.8, 4) is 0 Å². The smallest absolute Gasteiger partial charge is 0.236 e. The summed E-state index contributed by atoms with van der Waals surface area (Å²) in [5.41, 5.74) is 1.09. The highest BCUT2D eigenvalue weighted by atomic mass is 16.2. The van der Waals surface area contributed by atoms with Crippen LogP contribution in [0.5, 0.6) is 0 Å². The minimum atomic E-state index is 0.0748. The molecule has 82 valence electrons. The van der Waals surface area contributed by atoms with Crippen LogP contribution in [0.3, 0.4) is 0 Å². The van der Waals surface area contributed by atoms with Crippen LogP contribution in [0.25, 0.3) is 0 Å². The largest absolute Gasteiger partial charge is 0.348 e. The van der Waals surface area contributed by atoms with Gasteiger partial charge < -0.3 is 10.2 Å². The minimum absolute atomic E-state index is 0.0748. The second-order valence-corrected chi connectivity index (χ2v) is 3.68. The van der Waals surface area contributed by atoms with Crippen LogP contribution in [0, 0.1) is 0 Å². The summed E-state index contributed by atoms with van der Waals surface area (Å²) in [6, 6.07) is 4.02. The Morgan fingerprint density at radius 1 is 1.60 bits per heavy atom. The number of nitrogens with zero attached hydrogens (tertiary/aromatic N) is 2. The molecular weight excluding hydrogens is 190 g/mol. The molecule has 0 saturated carbocycles. The van der Waals surface area contributed by atoms with E-state index < -0.39 is 0 Å². The molecule has 1 aromatic heterocycles. The van der Waals surface area contributed by atoms with Crippen LogP contribution in [0.2, 0.25) is 0 Å². The molecule has 0 radical (unpaired) electrons. The molecule has 0 unspecified atom stereocenters. The van der Waals surface area contributed by atoms with Gasteiger partial charge in [-0.25, -0.2) is 0 Å². The fourth-order valence-corrected chi connectivity index (χ4v) is 1.15. The highest BCUT2D eigenvalue weighted by molar-refractivity contribution is 5.77. The molecule has 4 nitrogen and oxygen atoms in total. The lowest BCUT2D eigenvalue weighted by Gasteiger charge is -2.15. The van der Waals surface area contributed by atoms with Gasteiger partial charge in [0.15, 0.2) is 0 Å². The summed E-state index contributed by atoms with van der Waals surface area (Å²) < 4.78 is 0. The third-order valence-corrected chi connectivity index (χ3v) is 2.24. The second-order valence-electron chi connectivity index (χ2n) is 3.68. The molecule has 1 amide bonds. The van der Waals surface area contributed by atoms with Crippen LogP contribution < -0.4 is 5.32 Å². The van der Waals surface area contributed by atoms with Gasteiger partial charge in [-0.2, -0.15) is 0 Å². The number of nitrogens with one attached hydrogen (secondary N) is 1. The highest BCUT2D eigenvalue weighted by Gasteiger charge is 2.08. The normalized spacial score (nSPS) is 12.2. The van der Waals surface area contributed by atoms with Crippen LogP contribution in [-0.4, -0.2) is 36.4 Å². The van der Waals surface area contributed by atoms with E-state index >= 15 is 0 Å². The van der Waals surface area contributed by atoms with Crippen molar-refractivity contribution in [3.05, 3.63) is 30.1 Å². The Hall–Kier alpha value is -1.42. The van der Waals surface area contributed by atoms with Crippen molar-refractivity contribution in [2.75, 3.05) is 20.6 Å². The van der Waals surface area contributed by atoms with E-state index in [4.69, 9.17) is 0 Å². The van der Waals surface area contributed by atoms with Gasteiger partial charge in [0.05, 0.1) is 6.54 Å². The Morgan fingerprint density at radius 2 is 2.33 bits per heavy atom. The van der Waals surface area contributed by atoms with Gasteiger partial charge in [-0.1, -0.05) is 6.07 Å². The van der Waals surface area contributed by atoms with Crippen LogP contribution in [0.1, 0.15) is 18.5 Å².